The van der Waals surface area contributed by atoms with Gasteiger partial charge >= 0.3 is 5.97 Å². The van der Waals surface area contributed by atoms with Crippen LogP contribution in [0.15, 0.2) is 46.9 Å². The number of carbonyl (C=O) groups is 1. The normalized spacial score (nSPS) is 16.1. The second-order valence-electron chi connectivity index (χ2n) is 4.85. The second-order valence-corrected chi connectivity index (χ2v) is 5.65. The van der Waals surface area contributed by atoms with E-state index < -0.39 is 5.97 Å². The van der Waals surface area contributed by atoms with Gasteiger partial charge in [-0.2, -0.15) is 0 Å². The zero-order valence-electron chi connectivity index (χ0n) is 11.2. The topological polar surface area (TPSA) is 61.6 Å². The van der Waals surface area contributed by atoms with Gasteiger partial charge in [0, 0.05) is 11.3 Å². The van der Waals surface area contributed by atoms with Crippen LogP contribution in [0.3, 0.4) is 0 Å². The molecule has 0 fully saturated rings. The van der Waals surface area contributed by atoms with E-state index in [2.05, 4.69) is 15.9 Å². The number of nitrogen functional groups attached to an aromatic ring is 1. The number of hydrogen-bond acceptors (Lipinski definition) is 4. The van der Waals surface area contributed by atoms with Crippen molar-refractivity contribution in [1.82, 2.24) is 0 Å². The van der Waals surface area contributed by atoms with Gasteiger partial charge in [0.15, 0.2) is 0 Å². The maximum absolute atomic E-state index is 12.1. The summed E-state index contributed by atoms with van der Waals surface area (Å²) in [5.74, 6) is 0.548. The highest BCUT2D eigenvalue weighted by Crippen LogP contribution is 2.33. The van der Waals surface area contributed by atoms with Gasteiger partial charge in [0.2, 0.25) is 0 Å². The number of para-hydroxylation sites is 1. The summed E-state index contributed by atoms with van der Waals surface area (Å²) in [5.41, 5.74) is 7.79. The van der Waals surface area contributed by atoms with Crippen molar-refractivity contribution in [3.63, 3.8) is 0 Å². The molecule has 1 atom stereocenters. The van der Waals surface area contributed by atoms with Crippen molar-refractivity contribution in [2.45, 2.75) is 5.92 Å². The molecule has 0 bridgehead atoms. The van der Waals surface area contributed by atoms with E-state index in [4.69, 9.17) is 15.2 Å². The Labute approximate surface area is 131 Å². The average Bonchev–Trinajstić information content (AvgIpc) is 2.91. The van der Waals surface area contributed by atoms with Crippen molar-refractivity contribution in [3.05, 3.63) is 58.1 Å². The first kappa shape index (κ1) is 13.9. The number of anilines is 1. The molecule has 1 aliphatic rings. The number of nitrogens with two attached hydrogens (primary N) is 1. The quantitative estimate of drug-likeness (QED) is 0.683. The summed E-state index contributed by atoms with van der Waals surface area (Å²) in [6.45, 7) is 0.821. The summed E-state index contributed by atoms with van der Waals surface area (Å²) in [4.78, 5) is 12.1. The lowest BCUT2D eigenvalue weighted by atomic mass is 10.0. The van der Waals surface area contributed by atoms with Gasteiger partial charge in [-0.3, -0.25) is 0 Å². The van der Waals surface area contributed by atoms with E-state index in [9.17, 15) is 4.79 Å². The zero-order valence-corrected chi connectivity index (χ0v) is 12.8. The molecule has 4 nitrogen and oxygen atoms in total. The van der Waals surface area contributed by atoms with Crippen molar-refractivity contribution in [3.8, 4) is 5.75 Å². The Morgan fingerprint density at radius 3 is 2.95 bits per heavy atom. The highest BCUT2D eigenvalue weighted by Gasteiger charge is 2.25. The fraction of sp³-hybridized carbons (Fsp3) is 0.188. The van der Waals surface area contributed by atoms with E-state index in [1.54, 1.807) is 18.2 Å². The lowest BCUT2D eigenvalue weighted by molar-refractivity contribution is 0.0469. The molecule has 21 heavy (non-hydrogen) atoms. The highest BCUT2D eigenvalue weighted by molar-refractivity contribution is 9.10. The van der Waals surface area contributed by atoms with Crippen LogP contribution in [0.1, 0.15) is 21.8 Å². The van der Waals surface area contributed by atoms with Crippen LogP contribution in [0.25, 0.3) is 0 Å². The smallest absolute Gasteiger partial charge is 0.339 e. The molecule has 0 radical (unpaired) electrons. The summed E-state index contributed by atoms with van der Waals surface area (Å²) >= 11 is 3.31. The Bertz CT molecular complexity index is 687. The molecule has 2 N–H and O–H groups in total. The van der Waals surface area contributed by atoms with Crippen LogP contribution in [-0.2, 0) is 4.74 Å². The Balaban J connectivity index is 1.69. The summed E-state index contributed by atoms with van der Waals surface area (Å²) < 4.78 is 11.5. The molecular formula is C16H14BrNO3. The van der Waals surface area contributed by atoms with Crippen molar-refractivity contribution in [2.75, 3.05) is 18.9 Å². The third-order valence-electron chi connectivity index (χ3n) is 3.46. The number of ether oxygens (including phenoxy) is 2. The number of halogens is 1. The summed E-state index contributed by atoms with van der Waals surface area (Å²) in [6, 6.07) is 12.9. The van der Waals surface area contributed by atoms with Gasteiger partial charge in [-0.25, -0.2) is 4.79 Å². The SMILES string of the molecule is Nc1cccc(C(=O)OCC2COc3ccccc32)c1Br. The van der Waals surface area contributed by atoms with Crippen molar-refractivity contribution >= 4 is 27.6 Å². The first-order valence-corrected chi connectivity index (χ1v) is 7.39. The van der Waals surface area contributed by atoms with Gasteiger partial charge < -0.3 is 15.2 Å². The summed E-state index contributed by atoms with van der Waals surface area (Å²) in [5, 5.41) is 0. The van der Waals surface area contributed by atoms with E-state index in [1.165, 1.54) is 0 Å². The molecule has 1 aliphatic heterocycles. The first-order chi connectivity index (χ1) is 10.2. The number of rotatable bonds is 3. The lowest BCUT2D eigenvalue weighted by Gasteiger charge is -2.11. The predicted octanol–water partition coefficient (Wildman–Crippen LogP) is 3.36. The Hall–Kier alpha value is -2.01. The average molecular weight is 348 g/mol. The largest absolute Gasteiger partial charge is 0.493 e. The maximum atomic E-state index is 12.1. The molecular weight excluding hydrogens is 334 g/mol. The van der Waals surface area contributed by atoms with Crippen molar-refractivity contribution < 1.29 is 14.3 Å². The second kappa shape index (κ2) is 5.77. The third kappa shape index (κ3) is 2.74. The van der Waals surface area contributed by atoms with E-state index >= 15 is 0 Å². The van der Waals surface area contributed by atoms with Crippen molar-refractivity contribution in [1.29, 1.82) is 0 Å². The zero-order chi connectivity index (χ0) is 14.8. The van der Waals surface area contributed by atoms with Gasteiger partial charge in [0.1, 0.15) is 12.4 Å². The summed E-state index contributed by atoms with van der Waals surface area (Å²) in [6.07, 6.45) is 0. The molecule has 1 unspecified atom stereocenters. The van der Waals surface area contributed by atoms with Gasteiger partial charge in [-0.05, 0) is 34.1 Å². The molecule has 0 aliphatic carbocycles. The van der Waals surface area contributed by atoms with E-state index in [0.29, 0.717) is 22.3 Å². The molecule has 0 aromatic heterocycles. The first-order valence-electron chi connectivity index (χ1n) is 6.59. The van der Waals surface area contributed by atoms with Crippen LogP contribution >= 0.6 is 15.9 Å². The lowest BCUT2D eigenvalue weighted by Crippen LogP contribution is -2.14. The highest BCUT2D eigenvalue weighted by atomic mass is 79.9. The molecule has 2 aromatic rings. The molecule has 1 heterocycles. The Morgan fingerprint density at radius 2 is 2.10 bits per heavy atom. The fourth-order valence-electron chi connectivity index (χ4n) is 2.33. The monoisotopic (exact) mass is 347 g/mol. The van der Waals surface area contributed by atoms with Crippen molar-refractivity contribution in [2.24, 2.45) is 0 Å². The fourth-order valence-corrected chi connectivity index (χ4v) is 2.76. The van der Waals surface area contributed by atoms with Gasteiger partial charge in [-0.15, -0.1) is 0 Å². The van der Waals surface area contributed by atoms with Crippen LogP contribution in [0, 0.1) is 0 Å². The maximum Gasteiger partial charge on any atom is 0.339 e. The minimum Gasteiger partial charge on any atom is -0.493 e. The van der Waals surface area contributed by atoms with E-state index in [1.807, 2.05) is 24.3 Å². The summed E-state index contributed by atoms with van der Waals surface area (Å²) in [7, 11) is 0. The third-order valence-corrected chi connectivity index (χ3v) is 4.35. The number of benzene rings is 2. The van der Waals surface area contributed by atoms with Crippen LogP contribution in [0.5, 0.6) is 5.75 Å². The Kier molecular flexibility index (Phi) is 3.84. The van der Waals surface area contributed by atoms with Gasteiger partial charge in [-0.1, -0.05) is 24.3 Å². The van der Waals surface area contributed by atoms with Crippen LogP contribution in [0.2, 0.25) is 0 Å². The molecule has 3 rings (SSSR count). The predicted molar refractivity (Wildman–Crippen MR) is 83.5 cm³/mol. The van der Waals surface area contributed by atoms with Crippen LogP contribution < -0.4 is 10.5 Å². The van der Waals surface area contributed by atoms with Crippen LogP contribution in [0.4, 0.5) is 5.69 Å². The molecule has 2 aromatic carbocycles. The molecule has 0 spiro atoms. The molecule has 108 valence electrons. The van der Waals surface area contributed by atoms with Gasteiger partial charge in [0.05, 0.1) is 22.6 Å². The number of esters is 1. The minimum absolute atomic E-state index is 0.0741. The van der Waals surface area contributed by atoms with Gasteiger partial charge in [0.25, 0.3) is 0 Å². The standard InChI is InChI=1S/C16H14BrNO3/c17-15-12(5-3-6-13(15)18)16(19)21-9-10-8-20-14-7-2-1-4-11(10)14/h1-7,10H,8-9,18H2. The molecule has 0 amide bonds. The minimum atomic E-state index is -0.390. The van der Waals surface area contributed by atoms with Crippen LogP contribution in [-0.4, -0.2) is 19.2 Å². The Morgan fingerprint density at radius 1 is 1.29 bits per heavy atom. The van der Waals surface area contributed by atoms with E-state index in [0.717, 1.165) is 11.3 Å². The molecule has 5 heteroatoms. The van der Waals surface area contributed by atoms with E-state index in [-0.39, 0.29) is 12.5 Å². The number of carbonyl (C=O) groups excluding carboxylic acids is 1. The number of hydrogen-bond donors (Lipinski definition) is 1. The molecule has 0 saturated heterocycles. The number of fused-ring (bicyclic) bond motifs is 1. The molecule has 0 saturated carbocycles.